The fraction of sp³-hybridized carbons (Fsp3) is 0.500. The Balaban J connectivity index is 2.02. The Bertz CT molecular complexity index is 1040. The monoisotopic (exact) mass is 604 g/mol. The van der Waals surface area contributed by atoms with Gasteiger partial charge in [0.2, 0.25) is 0 Å². The minimum Gasteiger partial charge on any atom is -0.507 e. The second-order valence-electron chi connectivity index (χ2n) is 7.88. The molecular weight excluding hydrogens is 584 g/mol. The van der Waals surface area contributed by atoms with E-state index in [4.69, 9.17) is 18.9 Å². The summed E-state index contributed by atoms with van der Waals surface area (Å²) in [5, 5.41) is 11.0. The molecule has 0 amide bonds. The van der Waals surface area contributed by atoms with Crippen LogP contribution in [0.15, 0.2) is 12.1 Å². The highest BCUT2D eigenvalue weighted by atomic mass is 79.9. The van der Waals surface area contributed by atoms with E-state index in [-0.39, 0.29) is 35.5 Å². The molecule has 2 unspecified atom stereocenters. The Kier molecular flexibility index (Phi) is 8.14. The minimum atomic E-state index is -1.08. The van der Waals surface area contributed by atoms with Crippen LogP contribution in [0.2, 0.25) is 0 Å². The summed E-state index contributed by atoms with van der Waals surface area (Å²) in [7, 11) is 0. The van der Waals surface area contributed by atoms with Gasteiger partial charge in [-0.15, -0.1) is 0 Å². The topological polar surface area (TPSA) is 143 Å². The van der Waals surface area contributed by atoms with E-state index >= 15 is 0 Å². The van der Waals surface area contributed by atoms with Gasteiger partial charge < -0.3 is 24.1 Å². The normalized spacial score (nSPS) is 28.6. The van der Waals surface area contributed by atoms with E-state index in [2.05, 4.69) is 31.9 Å². The summed E-state index contributed by atoms with van der Waals surface area (Å²) in [6.45, 7) is 3.23. The molecule has 3 rings (SSSR count). The van der Waals surface area contributed by atoms with Crippen LogP contribution in [0.25, 0.3) is 0 Å². The third-order valence-electron chi connectivity index (χ3n) is 5.41. The molecule has 184 valence electrons. The zero-order chi connectivity index (χ0) is 25.3. The summed E-state index contributed by atoms with van der Waals surface area (Å²) in [4.78, 5) is 58.6. The Morgan fingerprint density at radius 2 is 1.62 bits per heavy atom. The average Bonchev–Trinajstić information content (AvgIpc) is 2.75. The predicted molar refractivity (Wildman–Crippen MR) is 122 cm³/mol. The number of benzene rings is 1. The first-order chi connectivity index (χ1) is 15.9. The Morgan fingerprint density at radius 1 is 1.00 bits per heavy atom. The number of aromatic hydroxyl groups is 1. The molecule has 1 heterocycles. The number of Topliss-reactive ketones (excluding diaryl/α,β-unsaturated/α-hetero) is 2. The van der Waals surface area contributed by atoms with E-state index in [1.54, 1.807) is 0 Å². The van der Waals surface area contributed by atoms with Gasteiger partial charge in [0.25, 0.3) is 0 Å². The van der Waals surface area contributed by atoms with E-state index in [0.29, 0.717) is 0 Å². The lowest BCUT2D eigenvalue weighted by molar-refractivity contribution is -0.216. The largest absolute Gasteiger partial charge is 0.507 e. The van der Waals surface area contributed by atoms with E-state index in [0.717, 1.165) is 0 Å². The van der Waals surface area contributed by atoms with Crippen LogP contribution >= 0.6 is 31.9 Å². The highest BCUT2D eigenvalue weighted by Crippen LogP contribution is 2.43. The molecule has 0 saturated carbocycles. The van der Waals surface area contributed by atoms with Gasteiger partial charge in [0.1, 0.15) is 24.6 Å². The van der Waals surface area contributed by atoms with Gasteiger partial charge in [-0.25, -0.2) is 0 Å². The van der Waals surface area contributed by atoms with E-state index in [9.17, 15) is 29.1 Å². The van der Waals surface area contributed by atoms with Crippen molar-refractivity contribution in [2.24, 2.45) is 0 Å². The predicted octanol–water partition coefficient (Wildman–Crippen LogP) is 2.55. The second kappa shape index (κ2) is 10.5. The number of ether oxygens (including phenoxy) is 4. The van der Waals surface area contributed by atoms with Crippen molar-refractivity contribution in [3.8, 4) is 5.75 Å². The van der Waals surface area contributed by atoms with Gasteiger partial charge in [-0.2, -0.15) is 0 Å². The van der Waals surface area contributed by atoms with Crippen molar-refractivity contribution < 1.29 is 48.0 Å². The smallest absolute Gasteiger partial charge is 0.303 e. The maximum Gasteiger partial charge on any atom is 0.303 e. The van der Waals surface area contributed by atoms with Crippen LogP contribution in [-0.4, -0.2) is 69.2 Å². The number of hydrogen-bond acceptors (Lipinski definition) is 10. The van der Waals surface area contributed by atoms with E-state index in [1.807, 2.05) is 0 Å². The number of phenols is 1. The van der Waals surface area contributed by atoms with Gasteiger partial charge >= 0.3 is 17.9 Å². The fourth-order valence-corrected chi connectivity index (χ4v) is 4.96. The standard InChI is InChI=1S/C22H22Br2O10/c1-8(25)31-7-15-22(33-10(3)27)14(32-9(2)26)6-13(34-15)11-4-5-12-16(19(11)28)21(30)18(24)17(23)20(12)29/h4-5,13-15,17-18,22,28H,6-7H2,1-3H3/t13-,14-,15-,17?,18?,22+/m1/s1. The van der Waals surface area contributed by atoms with Crippen molar-refractivity contribution in [3.63, 3.8) is 0 Å². The van der Waals surface area contributed by atoms with Gasteiger partial charge in [-0.1, -0.05) is 37.9 Å². The molecule has 1 N–H and O–H groups in total. The number of halogens is 2. The zero-order valence-corrected chi connectivity index (χ0v) is 21.6. The van der Waals surface area contributed by atoms with Crippen molar-refractivity contribution in [2.45, 2.75) is 61.3 Å². The first kappa shape index (κ1) is 26.3. The van der Waals surface area contributed by atoms with E-state index in [1.165, 1.54) is 32.9 Å². The number of ketones is 2. The molecule has 0 radical (unpaired) electrons. The fourth-order valence-electron chi connectivity index (χ4n) is 4.01. The highest BCUT2D eigenvalue weighted by molar-refractivity contribution is 9.12. The summed E-state index contributed by atoms with van der Waals surface area (Å²) in [6.07, 6.45) is -4.10. The first-order valence-corrected chi connectivity index (χ1v) is 12.1. The SMILES string of the molecule is CC(=O)OC[C@H]1O[C@@H](c2ccc3c(c2O)C(=O)C(Br)C(Br)C3=O)C[C@@H](OC(C)=O)[C@@H]1OC(C)=O. The summed E-state index contributed by atoms with van der Waals surface area (Å²) >= 11 is 6.37. The molecule has 1 aromatic carbocycles. The average molecular weight is 606 g/mol. The lowest BCUT2D eigenvalue weighted by Gasteiger charge is -2.40. The second-order valence-corrected chi connectivity index (χ2v) is 9.85. The highest BCUT2D eigenvalue weighted by Gasteiger charge is 2.46. The molecule has 12 heteroatoms. The molecule has 0 spiro atoms. The first-order valence-electron chi connectivity index (χ1n) is 10.3. The van der Waals surface area contributed by atoms with Gasteiger partial charge in [-0.05, 0) is 6.07 Å². The molecule has 6 atom stereocenters. The summed E-state index contributed by atoms with van der Waals surface area (Å²) < 4.78 is 21.7. The van der Waals surface area contributed by atoms with Crippen molar-refractivity contribution in [1.29, 1.82) is 0 Å². The Labute approximate surface area is 211 Å². The number of carbonyl (C=O) groups is 5. The molecule has 1 aromatic rings. The van der Waals surface area contributed by atoms with Crippen LogP contribution in [0.5, 0.6) is 5.75 Å². The number of fused-ring (bicyclic) bond motifs is 1. The van der Waals surface area contributed by atoms with Crippen LogP contribution in [0.3, 0.4) is 0 Å². The van der Waals surface area contributed by atoms with Crippen molar-refractivity contribution in [1.82, 2.24) is 0 Å². The summed E-state index contributed by atoms with van der Waals surface area (Å²) in [5.41, 5.74) is 0.0793. The summed E-state index contributed by atoms with van der Waals surface area (Å²) in [6, 6.07) is 2.86. The van der Waals surface area contributed by atoms with Crippen molar-refractivity contribution in [3.05, 3.63) is 28.8 Å². The number of phenolic OH excluding ortho intramolecular Hbond substituents is 1. The van der Waals surface area contributed by atoms with Crippen LogP contribution in [0, 0.1) is 0 Å². The molecule has 0 bridgehead atoms. The Hall–Kier alpha value is -2.31. The number of alkyl halides is 2. The van der Waals surface area contributed by atoms with Crippen LogP contribution in [-0.2, 0) is 33.3 Å². The number of esters is 3. The van der Waals surface area contributed by atoms with Gasteiger partial charge in [0.15, 0.2) is 17.7 Å². The molecule has 1 aliphatic heterocycles. The molecule has 0 aromatic heterocycles. The number of hydrogen-bond donors (Lipinski definition) is 1. The van der Waals surface area contributed by atoms with E-state index < -0.39 is 63.5 Å². The third-order valence-corrected chi connectivity index (χ3v) is 8.01. The quantitative estimate of drug-likeness (QED) is 0.302. The molecule has 1 aliphatic carbocycles. The lowest BCUT2D eigenvalue weighted by atomic mass is 9.84. The number of carbonyl (C=O) groups excluding carboxylic acids is 5. The molecule has 10 nitrogen and oxygen atoms in total. The van der Waals surface area contributed by atoms with Crippen LogP contribution in [0.4, 0.5) is 0 Å². The van der Waals surface area contributed by atoms with Gasteiger partial charge in [-0.3, -0.25) is 24.0 Å². The van der Waals surface area contributed by atoms with Crippen LogP contribution in [0.1, 0.15) is 59.6 Å². The number of rotatable bonds is 5. The maximum atomic E-state index is 12.8. The van der Waals surface area contributed by atoms with Crippen molar-refractivity contribution in [2.75, 3.05) is 6.61 Å². The van der Waals surface area contributed by atoms with Crippen LogP contribution < -0.4 is 0 Å². The zero-order valence-electron chi connectivity index (χ0n) is 18.4. The minimum absolute atomic E-state index is 0.0403. The summed E-state index contributed by atoms with van der Waals surface area (Å²) in [5.74, 6) is -3.21. The van der Waals surface area contributed by atoms with Crippen molar-refractivity contribution >= 4 is 61.3 Å². The third kappa shape index (κ3) is 5.33. The molecule has 2 aliphatic rings. The van der Waals surface area contributed by atoms with Gasteiger partial charge in [0, 0.05) is 38.3 Å². The van der Waals surface area contributed by atoms with Gasteiger partial charge in [0.05, 0.1) is 21.3 Å². The molecule has 34 heavy (non-hydrogen) atoms. The maximum absolute atomic E-state index is 12.8. The Morgan fingerprint density at radius 3 is 2.21 bits per heavy atom. The molecule has 1 saturated heterocycles. The lowest BCUT2D eigenvalue weighted by Crippen LogP contribution is -2.51. The molecular formula is C22H22Br2O10. The molecule has 1 fully saturated rings.